The molecule has 0 aliphatic carbocycles. The summed E-state index contributed by atoms with van der Waals surface area (Å²) in [4.78, 5) is 4.06. The molecule has 4 rings (SSSR count). The van der Waals surface area contributed by atoms with Gasteiger partial charge in [-0.25, -0.2) is 13.2 Å². The van der Waals surface area contributed by atoms with E-state index in [4.69, 9.17) is 0 Å². The zero-order valence-electron chi connectivity index (χ0n) is 14.4. The number of nitrogens with zero attached hydrogens (tertiary/aromatic N) is 4. The summed E-state index contributed by atoms with van der Waals surface area (Å²) < 4.78 is 43.9. The van der Waals surface area contributed by atoms with Gasteiger partial charge >= 0.3 is 0 Å². The van der Waals surface area contributed by atoms with Crippen molar-refractivity contribution in [2.75, 3.05) is 0 Å². The van der Waals surface area contributed by atoms with E-state index in [0.29, 0.717) is 16.5 Å². The van der Waals surface area contributed by atoms with Crippen molar-refractivity contribution in [2.24, 2.45) is 0 Å². The average Bonchev–Trinajstić information content (AvgIpc) is 3.12. The maximum Gasteiger partial charge on any atom is 0.196 e. The van der Waals surface area contributed by atoms with E-state index in [1.54, 1.807) is 42.7 Å². The Bertz CT molecular complexity index is 1100. The van der Waals surface area contributed by atoms with Gasteiger partial charge in [-0.15, -0.1) is 10.2 Å². The fraction of sp³-hybridized carbons (Fsp3) is 0.0500. The van der Waals surface area contributed by atoms with Crippen LogP contribution in [-0.4, -0.2) is 19.7 Å². The third-order valence-corrected chi connectivity index (χ3v) is 5.01. The van der Waals surface area contributed by atoms with Crippen molar-refractivity contribution >= 4 is 11.8 Å². The van der Waals surface area contributed by atoms with Crippen molar-refractivity contribution in [3.05, 3.63) is 90.0 Å². The topological polar surface area (TPSA) is 43.6 Å². The van der Waals surface area contributed by atoms with Crippen LogP contribution in [0.2, 0.25) is 0 Å². The Hall–Kier alpha value is -3.13. The minimum atomic E-state index is -0.642. The van der Waals surface area contributed by atoms with Crippen molar-refractivity contribution < 1.29 is 13.2 Å². The molecule has 4 aromatic rings. The van der Waals surface area contributed by atoms with Crippen LogP contribution in [0.25, 0.3) is 17.1 Å². The summed E-state index contributed by atoms with van der Waals surface area (Å²) in [5.74, 6) is -1.38. The summed E-state index contributed by atoms with van der Waals surface area (Å²) in [6, 6.07) is 13.4. The first-order chi connectivity index (χ1) is 13.6. The van der Waals surface area contributed by atoms with Crippen LogP contribution < -0.4 is 0 Å². The summed E-state index contributed by atoms with van der Waals surface area (Å²) >= 11 is 1.07. The molecule has 0 radical (unpaired) electrons. The minimum Gasteiger partial charge on any atom is -0.267 e. The monoisotopic (exact) mass is 398 g/mol. The lowest BCUT2D eigenvalue weighted by molar-refractivity contribution is 0.566. The van der Waals surface area contributed by atoms with E-state index in [1.165, 1.54) is 28.8 Å². The summed E-state index contributed by atoms with van der Waals surface area (Å²) in [7, 11) is 0. The predicted molar refractivity (Wildman–Crippen MR) is 100 cm³/mol. The van der Waals surface area contributed by atoms with Gasteiger partial charge in [-0.3, -0.25) is 9.55 Å². The quantitative estimate of drug-likeness (QED) is 0.442. The summed E-state index contributed by atoms with van der Waals surface area (Å²) in [6.07, 6.45) is 3.20. The van der Waals surface area contributed by atoms with E-state index in [0.717, 1.165) is 11.8 Å². The molecule has 140 valence electrons. The van der Waals surface area contributed by atoms with E-state index in [2.05, 4.69) is 15.2 Å². The maximum atomic E-state index is 14.5. The number of pyridine rings is 1. The SMILES string of the molecule is Fc1ccccc1-n1c(SCc2c(F)cccc2F)nnc1-c1cccnc1. The number of para-hydroxylation sites is 1. The van der Waals surface area contributed by atoms with Gasteiger partial charge < -0.3 is 0 Å². The van der Waals surface area contributed by atoms with Crippen LogP contribution in [0.3, 0.4) is 0 Å². The third-order valence-electron chi connectivity index (χ3n) is 4.05. The molecule has 28 heavy (non-hydrogen) atoms. The highest BCUT2D eigenvalue weighted by molar-refractivity contribution is 7.98. The normalized spacial score (nSPS) is 11.0. The minimum absolute atomic E-state index is 0.0157. The molecule has 0 spiro atoms. The number of hydrogen-bond donors (Lipinski definition) is 0. The molecule has 0 N–H and O–H groups in total. The van der Waals surface area contributed by atoms with Gasteiger partial charge in [-0.05, 0) is 36.4 Å². The molecule has 0 atom stereocenters. The van der Waals surface area contributed by atoms with Crippen molar-refractivity contribution in [1.82, 2.24) is 19.7 Å². The second kappa shape index (κ2) is 7.85. The maximum absolute atomic E-state index is 14.5. The molecule has 2 aromatic carbocycles. The van der Waals surface area contributed by atoms with E-state index in [1.807, 2.05) is 0 Å². The van der Waals surface area contributed by atoms with E-state index in [9.17, 15) is 13.2 Å². The fourth-order valence-corrected chi connectivity index (χ4v) is 3.66. The van der Waals surface area contributed by atoms with Gasteiger partial charge in [-0.2, -0.15) is 0 Å². The first-order valence-corrected chi connectivity index (χ1v) is 9.30. The van der Waals surface area contributed by atoms with Crippen LogP contribution >= 0.6 is 11.8 Å². The van der Waals surface area contributed by atoms with Gasteiger partial charge in [0.2, 0.25) is 0 Å². The van der Waals surface area contributed by atoms with Gasteiger partial charge in [-0.1, -0.05) is 30.0 Å². The van der Waals surface area contributed by atoms with Gasteiger partial charge in [0.05, 0.1) is 5.69 Å². The third kappa shape index (κ3) is 3.50. The van der Waals surface area contributed by atoms with Crippen molar-refractivity contribution in [3.63, 3.8) is 0 Å². The van der Waals surface area contributed by atoms with Gasteiger partial charge in [0.15, 0.2) is 11.0 Å². The molecule has 0 aliphatic rings. The Morgan fingerprint density at radius 2 is 1.57 bits per heavy atom. The standard InChI is InChI=1S/C20H13F3N4S/c21-15-7-3-8-16(22)14(15)12-28-20-26-25-19(13-5-4-10-24-11-13)27(20)18-9-2-1-6-17(18)23/h1-11H,12H2. The Morgan fingerprint density at radius 1 is 0.821 bits per heavy atom. The molecule has 0 saturated carbocycles. The number of thioether (sulfide) groups is 1. The van der Waals surface area contributed by atoms with Gasteiger partial charge in [0.25, 0.3) is 0 Å². The molecule has 0 fully saturated rings. The highest BCUT2D eigenvalue weighted by atomic mass is 32.2. The summed E-state index contributed by atoms with van der Waals surface area (Å²) in [5.41, 5.74) is 0.809. The summed E-state index contributed by atoms with van der Waals surface area (Å²) in [5, 5.41) is 8.59. The van der Waals surface area contributed by atoms with Crippen LogP contribution in [0.4, 0.5) is 13.2 Å². The first-order valence-electron chi connectivity index (χ1n) is 8.31. The number of rotatable bonds is 5. The van der Waals surface area contributed by atoms with Crippen molar-refractivity contribution in [1.29, 1.82) is 0 Å². The zero-order chi connectivity index (χ0) is 19.5. The van der Waals surface area contributed by atoms with Crippen LogP contribution in [0, 0.1) is 17.5 Å². The number of aromatic nitrogens is 4. The highest BCUT2D eigenvalue weighted by Gasteiger charge is 2.20. The van der Waals surface area contributed by atoms with Crippen LogP contribution in [0.5, 0.6) is 0 Å². The van der Waals surface area contributed by atoms with Gasteiger partial charge in [0.1, 0.15) is 17.5 Å². The molecule has 0 aliphatic heterocycles. The molecule has 0 unspecified atom stereocenters. The molecule has 0 saturated heterocycles. The highest BCUT2D eigenvalue weighted by Crippen LogP contribution is 2.31. The van der Waals surface area contributed by atoms with Crippen molar-refractivity contribution in [2.45, 2.75) is 10.9 Å². The summed E-state index contributed by atoms with van der Waals surface area (Å²) in [6.45, 7) is 0. The molecule has 2 heterocycles. The van der Waals surface area contributed by atoms with Crippen LogP contribution in [-0.2, 0) is 5.75 Å². The molecule has 0 amide bonds. The largest absolute Gasteiger partial charge is 0.267 e. The first kappa shape index (κ1) is 18.2. The van der Waals surface area contributed by atoms with E-state index in [-0.39, 0.29) is 17.0 Å². The second-order valence-electron chi connectivity index (χ2n) is 5.82. The number of halogens is 3. The Balaban J connectivity index is 1.78. The smallest absolute Gasteiger partial charge is 0.196 e. The Morgan fingerprint density at radius 3 is 2.29 bits per heavy atom. The van der Waals surface area contributed by atoms with Crippen LogP contribution in [0.15, 0.2) is 72.1 Å². The van der Waals surface area contributed by atoms with E-state index < -0.39 is 17.5 Å². The lowest BCUT2D eigenvalue weighted by atomic mass is 10.2. The second-order valence-corrected chi connectivity index (χ2v) is 6.77. The molecular weight excluding hydrogens is 385 g/mol. The Kier molecular flexibility index (Phi) is 5.12. The van der Waals surface area contributed by atoms with E-state index >= 15 is 0 Å². The number of benzene rings is 2. The lowest BCUT2D eigenvalue weighted by Gasteiger charge is -2.11. The molecule has 2 aromatic heterocycles. The van der Waals surface area contributed by atoms with Crippen LogP contribution in [0.1, 0.15) is 5.56 Å². The van der Waals surface area contributed by atoms with Gasteiger partial charge in [0, 0.05) is 29.3 Å². The Labute approximate surface area is 163 Å². The molecule has 0 bridgehead atoms. The molecule has 8 heteroatoms. The average molecular weight is 398 g/mol. The molecular formula is C20H13F3N4S. The zero-order valence-corrected chi connectivity index (χ0v) is 15.2. The predicted octanol–water partition coefficient (Wildman–Crippen LogP) is 5.04. The molecule has 4 nitrogen and oxygen atoms in total. The van der Waals surface area contributed by atoms with Crippen molar-refractivity contribution in [3.8, 4) is 17.1 Å². The lowest BCUT2D eigenvalue weighted by Crippen LogP contribution is -2.03. The fourth-order valence-electron chi connectivity index (χ4n) is 2.70. The number of hydrogen-bond acceptors (Lipinski definition) is 4.